The van der Waals surface area contributed by atoms with Gasteiger partial charge >= 0.3 is 6.18 Å². The van der Waals surface area contributed by atoms with E-state index in [1.165, 1.54) is 18.5 Å². The van der Waals surface area contributed by atoms with E-state index in [9.17, 15) is 22.8 Å². The standard InChI is InChI=1S/C28H30F3N5O2/c1-3-7-20(37)8-5-4-6-9-24(38)21-11-10-19(16-18(21)2)35-26-27-34-17-23(36(27)15-14-33-26)22-12-13-32-25(22)28(29,30)31/h10-12,14-17H,3-9,13H2,1-2H3,(H,33,35). The lowest BCUT2D eigenvalue weighted by Gasteiger charge is -2.12. The third-order valence-corrected chi connectivity index (χ3v) is 6.45. The topological polar surface area (TPSA) is 88.7 Å². The Balaban J connectivity index is 1.42. The number of nitrogens with zero attached hydrogens (tertiary/aromatic N) is 4. The highest BCUT2D eigenvalue weighted by Crippen LogP contribution is 2.32. The van der Waals surface area contributed by atoms with Gasteiger partial charge < -0.3 is 5.32 Å². The number of imidazole rings is 1. The first-order valence-electron chi connectivity index (χ1n) is 12.8. The molecule has 1 aliphatic rings. The summed E-state index contributed by atoms with van der Waals surface area (Å²) in [6.45, 7) is 3.81. The SMILES string of the molecule is CCCC(=O)CCCCCC(=O)c1ccc(Nc2nccn3c(C4=CCN=C4C(F)(F)F)cnc23)cc1C. The van der Waals surface area contributed by atoms with Crippen molar-refractivity contribution in [2.75, 3.05) is 11.9 Å². The van der Waals surface area contributed by atoms with Crippen molar-refractivity contribution in [3.8, 4) is 0 Å². The van der Waals surface area contributed by atoms with Crippen molar-refractivity contribution in [1.29, 1.82) is 0 Å². The van der Waals surface area contributed by atoms with Crippen LogP contribution in [0, 0.1) is 6.92 Å². The largest absolute Gasteiger partial charge is 0.433 e. The second-order valence-corrected chi connectivity index (χ2v) is 9.34. The molecular formula is C28H30F3N5O2. The van der Waals surface area contributed by atoms with Crippen LogP contribution in [0.4, 0.5) is 24.7 Å². The summed E-state index contributed by atoms with van der Waals surface area (Å²) in [5, 5.41) is 3.17. The number of Topliss-reactive ketones (excluding diaryl/α,β-unsaturated/α-hetero) is 2. The van der Waals surface area contributed by atoms with Crippen LogP contribution in [0.2, 0.25) is 0 Å². The average molecular weight is 526 g/mol. The number of allylic oxidation sites excluding steroid dienone is 1. The van der Waals surface area contributed by atoms with Crippen LogP contribution in [0.25, 0.3) is 11.2 Å². The Morgan fingerprint density at radius 2 is 1.87 bits per heavy atom. The van der Waals surface area contributed by atoms with Crippen molar-refractivity contribution in [2.24, 2.45) is 4.99 Å². The number of rotatable bonds is 12. The highest BCUT2D eigenvalue weighted by molar-refractivity contribution is 6.27. The minimum absolute atomic E-state index is 0.00609. The van der Waals surface area contributed by atoms with Gasteiger partial charge in [-0.25, -0.2) is 9.97 Å². The minimum atomic E-state index is -4.55. The maximum absolute atomic E-state index is 13.4. The van der Waals surface area contributed by atoms with Crippen LogP contribution < -0.4 is 5.32 Å². The second-order valence-electron chi connectivity index (χ2n) is 9.34. The summed E-state index contributed by atoms with van der Waals surface area (Å²) in [5.74, 6) is 0.711. The minimum Gasteiger partial charge on any atom is -0.337 e. The normalized spacial score (nSPS) is 13.5. The molecule has 0 fully saturated rings. The highest BCUT2D eigenvalue weighted by Gasteiger charge is 2.40. The van der Waals surface area contributed by atoms with Crippen LogP contribution in [-0.4, -0.2) is 44.4 Å². The zero-order valence-corrected chi connectivity index (χ0v) is 21.4. The van der Waals surface area contributed by atoms with E-state index in [0.717, 1.165) is 31.2 Å². The summed E-state index contributed by atoms with van der Waals surface area (Å²) in [6, 6.07) is 5.36. The number of fused-ring (bicyclic) bond motifs is 1. The molecule has 0 unspecified atom stereocenters. The molecule has 0 aliphatic carbocycles. The van der Waals surface area contributed by atoms with E-state index in [1.807, 2.05) is 19.9 Å². The van der Waals surface area contributed by atoms with Gasteiger partial charge in [0, 0.05) is 48.5 Å². The van der Waals surface area contributed by atoms with E-state index in [4.69, 9.17) is 0 Å². The van der Waals surface area contributed by atoms with Crippen LogP contribution in [0.1, 0.15) is 73.5 Å². The lowest BCUT2D eigenvalue weighted by molar-refractivity contribution is -0.119. The molecule has 1 N–H and O–H groups in total. The van der Waals surface area contributed by atoms with Crippen molar-refractivity contribution < 1.29 is 22.8 Å². The number of hydrogen-bond acceptors (Lipinski definition) is 6. The smallest absolute Gasteiger partial charge is 0.337 e. The van der Waals surface area contributed by atoms with Crippen molar-refractivity contribution in [3.63, 3.8) is 0 Å². The number of carbonyl (C=O) groups excluding carboxylic acids is 2. The highest BCUT2D eigenvalue weighted by atomic mass is 19.4. The van der Waals surface area contributed by atoms with Gasteiger partial charge in [0.2, 0.25) is 0 Å². The number of ketones is 2. The van der Waals surface area contributed by atoms with Crippen LogP contribution >= 0.6 is 0 Å². The fourth-order valence-electron chi connectivity index (χ4n) is 4.60. The van der Waals surface area contributed by atoms with Gasteiger partial charge in [-0.05, 0) is 49.9 Å². The lowest BCUT2D eigenvalue weighted by atomic mass is 9.99. The third-order valence-electron chi connectivity index (χ3n) is 6.45. The lowest BCUT2D eigenvalue weighted by Crippen LogP contribution is -2.23. The number of benzene rings is 1. The van der Waals surface area contributed by atoms with Gasteiger partial charge in [0.15, 0.2) is 17.2 Å². The molecule has 2 aromatic heterocycles. The molecule has 4 rings (SSSR count). The number of aliphatic imine (C=N–C) groups is 1. The van der Waals surface area contributed by atoms with E-state index in [0.29, 0.717) is 42.0 Å². The maximum atomic E-state index is 13.4. The molecule has 3 heterocycles. The predicted molar refractivity (Wildman–Crippen MR) is 141 cm³/mol. The van der Waals surface area contributed by atoms with Gasteiger partial charge in [0.25, 0.3) is 0 Å². The van der Waals surface area contributed by atoms with E-state index in [1.54, 1.807) is 22.7 Å². The molecule has 3 aromatic rings. The van der Waals surface area contributed by atoms with Gasteiger partial charge in [-0.1, -0.05) is 19.4 Å². The van der Waals surface area contributed by atoms with Crippen molar-refractivity contribution in [2.45, 2.75) is 65.0 Å². The molecule has 0 atom stereocenters. The molecule has 1 aliphatic heterocycles. The molecule has 0 amide bonds. The third kappa shape index (κ3) is 6.17. The summed E-state index contributed by atoms with van der Waals surface area (Å²) >= 11 is 0. The molecule has 38 heavy (non-hydrogen) atoms. The first-order chi connectivity index (χ1) is 18.2. The van der Waals surface area contributed by atoms with E-state index in [2.05, 4.69) is 20.3 Å². The second kappa shape index (κ2) is 11.7. The van der Waals surface area contributed by atoms with Crippen molar-refractivity contribution in [3.05, 3.63) is 59.7 Å². The average Bonchev–Trinajstić information content (AvgIpc) is 3.51. The first-order valence-corrected chi connectivity index (χ1v) is 12.8. The Hall–Kier alpha value is -3.82. The number of aromatic nitrogens is 3. The number of unbranched alkanes of at least 4 members (excludes halogenated alkanes) is 2. The number of carbonyl (C=O) groups is 2. The predicted octanol–water partition coefficient (Wildman–Crippen LogP) is 6.68. The Bertz CT molecular complexity index is 1410. The summed E-state index contributed by atoms with van der Waals surface area (Å²) in [6.07, 6.45) is 6.19. The van der Waals surface area contributed by atoms with Gasteiger partial charge in [0.05, 0.1) is 18.4 Å². The van der Waals surface area contributed by atoms with E-state index < -0.39 is 11.9 Å². The van der Waals surface area contributed by atoms with Gasteiger partial charge in [-0.15, -0.1) is 0 Å². The van der Waals surface area contributed by atoms with Crippen LogP contribution in [0.5, 0.6) is 0 Å². The number of halogens is 3. The fourth-order valence-corrected chi connectivity index (χ4v) is 4.60. The van der Waals surface area contributed by atoms with Crippen LogP contribution in [0.3, 0.4) is 0 Å². The molecule has 10 heteroatoms. The number of hydrogen-bond donors (Lipinski definition) is 1. The zero-order chi connectivity index (χ0) is 27.3. The maximum Gasteiger partial charge on any atom is 0.433 e. The number of nitrogens with one attached hydrogen (secondary N) is 1. The molecule has 0 bridgehead atoms. The van der Waals surface area contributed by atoms with Crippen molar-refractivity contribution >= 4 is 40.0 Å². The molecular weight excluding hydrogens is 495 g/mol. The number of anilines is 2. The first kappa shape index (κ1) is 27.2. The number of aryl methyl sites for hydroxylation is 1. The summed E-state index contributed by atoms with van der Waals surface area (Å²) in [5.41, 5.74) is 1.85. The molecule has 1 aromatic carbocycles. The number of alkyl halides is 3. The summed E-state index contributed by atoms with van der Waals surface area (Å²) in [7, 11) is 0. The Morgan fingerprint density at radius 1 is 1.08 bits per heavy atom. The summed E-state index contributed by atoms with van der Waals surface area (Å²) in [4.78, 5) is 36.6. The van der Waals surface area contributed by atoms with Gasteiger partial charge in [0.1, 0.15) is 11.5 Å². The quantitative estimate of drug-likeness (QED) is 0.210. The Labute approximate surface area is 218 Å². The molecule has 7 nitrogen and oxygen atoms in total. The molecule has 0 saturated carbocycles. The van der Waals surface area contributed by atoms with Crippen LogP contribution in [-0.2, 0) is 4.79 Å². The monoisotopic (exact) mass is 525 g/mol. The van der Waals surface area contributed by atoms with Gasteiger partial charge in [-0.2, -0.15) is 13.2 Å². The molecule has 0 radical (unpaired) electrons. The molecule has 0 saturated heterocycles. The van der Waals surface area contributed by atoms with Crippen molar-refractivity contribution in [1.82, 2.24) is 14.4 Å². The molecule has 200 valence electrons. The van der Waals surface area contributed by atoms with Gasteiger partial charge in [-0.3, -0.25) is 19.0 Å². The Morgan fingerprint density at radius 3 is 2.61 bits per heavy atom. The fraction of sp³-hybridized carbons (Fsp3) is 0.393. The Kier molecular flexibility index (Phi) is 8.38. The van der Waals surface area contributed by atoms with E-state index >= 15 is 0 Å². The summed E-state index contributed by atoms with van der Waals surface area (Å²) < 4.78 is 41.7. The van der Waals surface area contributed by atoms with E-state index in [-0.39, 0.29) is 29.4 Å². The van der Waals surface area contributed by atoms with Crippen LogP contribution in [0.15, 0.2) is 47.9 Å². The molecule has 0 spiro atoms. The zero-order valence-electron chi connectivity index (χ0n) is 21.4.